The lowest BCUT2D eigenvalue weighted by Crippen LogP contribution is -2.55. The first-order valence-electron chi connectivity index (χ1n) is 11.2. The molecule has 1 fully saturated rings. The molecule has 0 saturated carbocycles. The van der Waals surface area contributed by atoms with E-state index < -0.39 is 6.10 Å². The molecule has 3 aromatic heterocycles. The van der Waals surface area contributed by atoms with E-state index in [1.165, 1.54) is 0 Å². The van der Waals surface area contributed by atoms with Crippen molar-refractivity contribution in [2.45, 2.75) is 19.1 Å². The average molecular weight is 458 g/mol. The quantitative estimate of drug-likeness (QED) is 0.430. The Morgan fingerprint density at radius 1 is 1.15 bits per heavy atom. The summed E-state index contributed by atoms with van der Waals surface area (Å²) in [4.78, 5) is 24.0. The molecule has 0 bridgehead atoms. The van der Waals surface area contributed by atoms with E-state index in [-0.39, 0.29) is 17.9 Å². The van der Waals surface area contributed by atoms with Gasteiger partial charge in [0.15, 0.2) is 0 Å². The lowest BCUT2D eigenvalue weighted by Gasteiger charge is -2.40. The van der Waals surface area contributed by atoms with Crippen molar-refractivity contribution >= 4 is 28.2 Å². The fourth-order valence-electron chi connectivity index (χ4n) is 4.45. The number of hydrogen-bond acceptors (Lipinski definition) is 7. The van der Waals surface area contributed by atoms with E-state index >= 15 is 0 Å². The van der Waals surface area contributed by atoms with Gasteiger partial charge in [0.2, 0.25) is 0 Å². The molecule has 4 heterocycles. The van der Waals surface area contributed by atoms with Gasteiger partial charge in [0.25, 0.3) is 5.91 Å². The number of carbonyl (C=O) groups is 1. The number of amides is 1. The second-order valence-electron chi connectivity index (χ2n) is 8.89. The number of benzene rings is 1. The number of fused-ring (bicyclic) bond motifs is 1. The number of piperidine rings is 1. The molecule has 174 valence electrons. The van der Waals surface area contributed by atoms with E-state index in [4.69, 9.17) is 5.73 Å². The molecule has 34 heavy (non-hydrogen) atoms. The molecule has 9 heteroatoms. The standard InChI is InChI=1S/C25H27N7O2/c1-15-12-32(14-19(26)24(15)33)23-7-8-27-11-22(23)30-25(34)20-6-5-16-3-4-17(9-21(16)29-20)18-10-28-31(2)13-18/h3-11,13,15,19,24,33H,12,14,26H2,1-2H3,(H,30,34). The number of aliphatic hydroxyl groups excluding tert-OH is 1. The van der Waals surface area contributed by atoms with Gasteiger partial charge < -0.3 is 21.1 Å². The molecule has 3 atom stereocenters. The third-order valence-electron chi connectivity index (χ3n) is 6.31. The number of aliphatic hydroxyl groups is 1. The molecule has 4 N–H and O–H groups in total. The summed E-state index contributed by atoms with van der Waals surface area (Å²) in [6, 6.07) is 11.1. The highest BCUT2D eigenvalue weighted by Crippen LogP contribution is 2.30. The van der Waals surface area contributed by atoms with Gasteiger partial charge in [0.05, 0.1) is 35.4 Å². The summed E-state index contributed by atoms with van der Waals surface area (Å²) in [5.41, 5.74) is 10.5. The molecular weight excluding hydrogens is 430 g/mol. The molecule has 1 amide bonds. The van der Waals surface area contributed by atoms with Gasteiger partial charge in [-0.1, -0.05) is 25.1 Å². The van der Waals surface area contributed by atoms with Gasteiger partial charge in [-0.05, 0) is 23.8 Å². The van der Waals surface area contributed by atoms with Crippen molar-refractivity contribution in [1.82, 2.24) is 19.7 Å². The zero-order chi connectivity index (χ0) is 23.8. The third-order valence-corrected chi connectivity index (χ3v) is 6.31. The van der Waals surface area contributed by atoms with Crippen LogP contribution in [0.25, 0.3) is 22.0 Å². The smallest absolute Gasteiger partial charge is 0.274 e. The summed E-state index contributed by atoms with van der Waals surface area (Å²) in [5.74, 6) is -0.311. The van der Waals surface area contributed by atoms with E-state index in [1.807, 2.05) is 50.5 Å². The highest BCUT2D eigenvalue weighted by molar-refractivity contribution is 6.05. The van der Waals surface area contributed by atoms with Crippen molar-refractivity contribution in [1.29, 1.82) is 0 Å². The van der Waals surface area contributed by atoms with Crippen LogP contribution < -0.4 is 16.0 Å². The fraction of sp³-hybridized carbons (Fsp3) is 0.280. The van der Waals surface area contributed by atoms with Crippen LogP contribution in [0.5, 0.6) is 0 Å². The van der Waals surface area contributed by atoms with Crippen molar-refractivity contribution in [3.8, 4) is 11.1 Å². The summed E-state index contributed by atoms with van der Waals surface area (Å²) in [6.45, 7) is 3.09. The lowest BCUT2D eigenvalue weighted by atomic mass is 9.92. The second-order valence-corrected chi connectivity index (χ2v) is 8.89. The van der Waals surface area contributed by atoms with Crippen LogP contribution in [-0.2, 0) is 7.05 Å². The largest absolute Gasteiger partial charge is 0.391 e. The minimum Gasteiger partial charge on any atom is -0.391 e. The van der Waals surface area contributed by atoms with Crippen LogP contribution in [0.4, 0.5) is 11.4 Å². The van der Waals surface area contributed by atoms with Crippen LogP contribution in [0.15, 0.2) is 61.2 Å². The molecule has 0 radical (unpaired) electrons. The normalized spacial score (nSPS) is 20.5. The number of pyridine rings is 2. The second kappa shape index (κ2) is 8.85. The number of aromatic nitrogens is 4. The molecule has 9 nitrogen and oxygen atoms in total. The molecular formula is C25H27N7O2. The van der Waals surface area contributed by atoms with Gasteiger partial charge in [-0.2, -0.15) is 5.10 Å². The first-order valence-corrected chi connectivity index (χ1v) is 11.2. The zero-order valence-corrected chi connectivity index (χ0v) is 19.1. The van der Waals surface area contributed by atoms with Crippen LogP contribution in [0, 0.1) is 5.92 Å². The Hall–Kier alpha value is -3.82. The number of rotatable bonds is 4. The van der Waals surface area contributed by atoms with Crippen molar-refractivity contribution in [3.63, 3.8) is 0 Å². The SMILES string of the molecule is CC1CN(c2ccncc2NC(=O)c2ccc3ccc(-c4cnn(C)c4)cc3n2)CC(N)C1O. The van der Waals surface area contributed by atoms with Crippen LogP contribution in [0.3, 0.4) is 0 Å². The highest BCUT2D eigenvalue weighted by Gasteiger charge is 2.32. The van der Waals surface area contributed by atoms with Crippen LogP contribution in [-0.4, -0.2) is 56.0 Å². The van der Waals surface area contributed by atoms with E-state index in [0.29, 0.717) is 24.5 Å². The molecule has 3 unspecified atom stereocenters. The van der Waals surface area contributed by atoms with Gasteiger partial charge in [-0.3, -0.25) is 14.5 Å². The number of nitrogens with one attached hydrogen (secondary N) is 1. The molecule has 0 spiro atoms. The maximum absolute atomic E-state index is 13.1. The number of anilines is 2. The number of carbonyl (C=O) groups excluding carboxylic acids is 1. The topological polar surface area (TPSA) is 122 Å². The maximum Gasteiger partial charge on any atom is 0.274 e. The Bertz CT molecular complexity index is 1340. The molecule has 1 saturated heterocycles. The molecule has 4 aromatic rings. The van der Waals surface area contributed by atoms with Gasteiger partial charge >= 0.3 is 0 Å². The first-order chi connectivity index (χ1) is 16.4. The van der Waals surface area contributed by atoms with E-state index in [2.05, 4.69) is 25.3 Å². The van der Waals surface area contributed by atoms with Crippen molar-refractivity contribution in [3.05, 3.63) is 66.9 Å². The Labute approximate surface area is 197 Å². The first kappa shape index (κ1) is 22.0. The molecule has 0 aliphatic carbocycles. The van der Waals surface area contributed by atoms with E-state index in [0.717, 1.165) is 27.7 Å². The molecule has 1 aliphatic rings. The van der Waals surface area contributed by atoms with Crippen molar-refractivity contribution in [2.75, 3.05) is 23.3 Å². The van der Waals surface area contributed by atoms with E-state index in [9.17, 15) is 9.90 Å². The van der Waals surface area contributed by atoms with Crippen LogP contribution in [0.2, 0.25) is 0 Å². The third kappa shape index (κ3) is 4.23. The van der Waals surface area contributed by atoms with Crippen LogP contribution in [0.1, 0.15) is 17.4 Å². The summed E-state index contributed by atoms with van der Waals surface area (Å²) in [7, 11) is 1.87. The lowest BCUT2D eigenvalue weighted by molar-refractivity contribution is 0.0785. The summed E-state index contributed by atoms with van der Waals surface area (Å²) >= 11 is 0. The predicted octanol–water partition coefficient (Wildman–Crippen LogP) is 2.43. The fourth-order valence-corrected chi connectivity index (χ4v) is 4.45. The monoisotopic (exact) mass is 457 g/mol. The van der Waals surface area contributed by atoms with Crippen LogP contribution >= 0.6 is 0 Å². The van der Waals surface area contributed by atoms with Crippen molar-refractivity contribution in [2.24, 2.45) is 18.7 Å². The van der Waals surface area contributed by atoms with Gasteiger partial charge in [0, 0.05) is 55.4 Å². The number of nitrogens with two attached hydrogens (primary N) is 1. The maximum atomic E-state index is 13.1. The minimum absolute atomic E-state index is 0.0108. The summed E-state index contributed by atoms with van der Waals surface area (Å²) < 4.78 is 1.75. The summed E-state index contributed by atoms with van der Waals surface area (Å²) in [5, 5.41) is 18.3. The number of nitrogens with zero attached hydrogens (tertiary/aromatic N) is 5. The Morgan fingerprint density at radius 2 is 1.97 bits per heavy atom. The predicted molar refractivity (Wildman–Crippen MR) is 131 cm³/mol. The zero-order valence-electron chi connectivity index (χ0n) is 19.1. The summed E-state index contributed by atoms with van der Waals surface area (Å²) in [6.07, 6.45) is 6.49. The Balaban J connectivity index is 1.41. The van der Waals surface area contributed by atoms with E-state index in [1.54, 1.807) is 29.3 Å². The molecule has 5 rings (SSSR count). The Kier molecular flexibility index (Phi) is 5.72. The molecule has 1 aliphatic heterocycles. The average Bonchev–Trinajstić information content (AvgIpc) is 3.28. The van der Waals surface area contributed by atoms with Gasteiger partial charge in [0.1, 0.15) is 5.69 Å². The van der Waals surface area contributed by atoms with Crippen molar-refractivity contribution < 1.29 is 9.90 Å². The number of hydrogen-bond donors (Lipinski definition) is 3. The van der Waals surface area contributed by atoms with Gasteiger partial charge in [-0.15, -0.1) is 0 Å². The Morgan fingerprint density at radius 3 is 2.74 bits per heavy atom. The highest BCUT2D eigenvalue weighted by atomic mass is 16.3. The minimum atomic E-state index is -0.547. The molecule has 1 aromatic carbocycles. The van der Waals surface area contributed by atoms with Gasteiger partial charge in [-0.25, -0.2) is 4.98 Å². The number of aryl methyl sites for hydroxylation is 1.